The molecular weight excluding hydrogens is 599 g/mol. The topological polar surface area (TPSA) is 9.86 Å². The average molecular weight is 637 g/mol. The Morgan fingerprint density at radius 1 is 0.521 bits per heavy atom. The summed E-state index contributed by atoms with van der Waals surface area (Å²) >= 11 is 1.93. The van der Waals surface area contributed by atoms with E-state index in [1.807, 2.05) is 11.3 Å². The number of para-hydroxylation sites is 2. The van der Waals surface area contributed by atoms with Crippen molar-refractivity contribution in [3.8, 4) is 5.69 Å². The molecule has 3 aromatic heterocycles. The van der Waals surface area contributed by atoms with Crippen LogP contribution >= 0.6 is 11.3 Å². The Hall–Kier alpha value is -4.80. The van der Waals surface area contributed by atoms with Gasteiger partial charge < -0.3 is 9.05 Å². The Balaban J connectivity index is 1.38. The summed E-state index contributed by atoms with van der Waals surface area (Å²) in [6.45, 7) is 14.0. The van der Waals surface area contributed by atoms with Gasteiger partial charge in [0.1, 0.15) is 0 Å². The van der Waals surface area contributed by atoms with Crippen LogP contribution in [0.25, 0.3) is 69.5 Å². The van der Waals surface area contributed by atoms with Crippen LogP contribution in [0.4, 0.5) is 0 Å². The molecule has 2 nitrogen and oxygen atoms in total. The zero-order valence-electron chi connectivity index (χ0n) is 28.3. The van der Waals surface area contributed by atoms with Gasteiger partial charge in [-0.3, -0.25) is 0 Å². The fourth-order valence-electron chi connectivity index (χ4n) is 8.46. The molecule has 4 heteroatoms. The van der Waals surface area contributed by atoms with E-state index in [1.165, 1.54) is 91.5 Å². The van der Waals surface area contributed by atoms with Gasteiger partial charge in [-0.2, -0.15) is 0 Å². The maximum absolute atomic E-state index is 2.68. The smallest absolute Gasteiger partial charge is 0.332 e. The highest BCUT2D eigenvalue weighted by molar-refractivity contribution is 7.26. The van der Waals surface area contributed by atoms with Crippen molar-refractivity contribution in [3.05, 3.63) is 126 Å². The molecule has 6 aromatic carbocycles. The van der Waals surface area contributed by atoms with E-state index in [0.29, 0.717) is 0 Å². The molecule has 0 aliphatic carbocycles. The Morgan fingerprint density at radius 3 is 1.83 bits per heavy atom. The van der Waals surface area contributed by atoms with Crippen LogP contribution < -0.4 is 10.9 Å². The van der Waals surface area contributed by atoms with E-state index in [9.17, 15) is 0 Å². The molecule has 0 N–H and O–H groups in total. The minimum atomic E-state index is 0.0186. The zero-order chi connectivity index (χ0) is 32.7. The number of fused-ring (bicyclic) bond motifs is 12. The second-order valence-electron chi connectivity index (χ2n) is 15.8. The van der Waals surface area contributed by atoms with Gasteiger partial charge in [-0.25, -0.2) is 0 Å². The Morgan fingerprint density at radius 2 is 1.12 bits per heavy atom. The molecule has 0 saturated carbocycles. The number of aromatic nitrogens is 2. The number of nitrogens with zero attached hydrogens (tertiary/aromatic N) is 2. The standard InChI is InChI=1S/C44H37BN2S/c1-43(2,3)26-18-20-28-29-21-19-27(44(4,5)6)25-38(29)47(37(28)24-26)45-33-14-8-9-16-35(33)46-36-23-22-31-30-12-7-10-17-39(30)48-42(31)40(36)32-13-11-15-34(45)41(32)46/h7-25H,1-6H3. The maximum atomic E-state index is 2.68. The molecule has 10 rings (SSSR count). The number of hydrogen-bond acceptors (Lipinski definition) is 1. The van der Waals surface area contributed by atoms with Crippen molar-refractivity contribution in [2.24, 2.45) is 0 Å². The molecule has 0 amide bonds. The number of rotatable bonds is 1. The molecule has 0 atom stereocenters. The van der Waals surface area contributed by atoms with Crippen LogP contribution in [-0.4, -0.2) is 15.9 Å². The third-order valence-electron chi connectivity index (χ3n) is 10.9. The molecule has 1 aliphatic heterocycles. The van der Waals surface area contributed by atoms with Crippen LogP contribution in [-0.2, 0) is 10.8 Å². The van der Waals surface area contributed by atoms with Gasteiger partial charge in [-0.1, -0.05) is 126 Å². The maximum Gasteiger partial charge on any atom is 0.332 e. The lowest BCUT2D eigenvalue weighted by molar-refractivity contribution is 0.591. The van der Waals surface area contributed by atoms with Crippen molar-refractivity contribution in [1.82, 2.24) is 9.05 Å². The highest BCUT2D eigenvalue weighted by Gasteiger charge is 2.37. The quantitative estimate of drug-likeness (QED) is 0.159. The van der Waals surface area contributed by atoms with Crippen molar-refractivity contribution < 1.29 is 0 Å². The van der Waals surface area contributed by atoms with E-state index in [0.717, 1.165) is 0 Å². The normalized spacial score (nSPS) is 13.6. The van der Waals surface area contributed by atoms with Crippen molar-refractivity contribution in [2.75, 3.05) is 0 Å². The van der Waals surface area contributed by atoms with Crippen molar-refractivity contribution in [3.63, 3.8) is 0 Å². The molecule has 9 aromatic rings. The Kier molecular flexibility index (Phi) is 5.54. The van der Waals surface area contributed by atoms with Gasteiger partial charge in [-0.05, 0) is 63.2 Å². The fraction of sp³-hybridized carbons (Fsp3) is 0.182. The first-order valence-electron chi connectivity index (χ1n) is 17.1. The van der Waals surface area contributed by atoms with E-state index in [4.69, 9.17) is 0 Å². The summed E-state index contributed by atoms with van der Waals surface area (Å²) in [5.74, 6) is 0. The number of thiophene rings is 1. The predicted molar refractivity (Wildman–Crippen MR) is 211 cm³/mol. The predicted octanol–water partition coefficient (Wildman–Crippen LogP) is 10.8. The summed E-state index contributed by atoms with van der Waals surface area (Å²) < 4.78 is 7.97. The van der Waals surface area contributed by atoms with Crippen molar-refractivity contribution in [1.29, 1.82) is 0 Å². The van der Waals surface area contributed by atoms with Gasteiger partial charge >= 0.3 is 6.85 Å². The van der Waals surface area contributed by atoms with Crippen LogP contribution in [0.5, 0.6) is 0 Å². The summed E-state index contributed by atoms with van der Waals surface area (Å²) in [5, 5.41) is 8.05. The average Bonchev–Trinajstić information content (AvgIpc) is 3.72. The molecule has 0 unspecified atom stereocenters. The molecule has 48 heavy (non-hydrogen) atoms. The largest absolute Gasteiger partial charge is 0.376 e. The third kappa shape index (κ3) is 3.70. The highest BCUT2D eigenvalue weighted by Crippen LogP contribution is 2.44. The highest BCUT2D eigenvalue weighted by atomic mass is 32.1. The van der Waals surface area contributed by atoms with Crippen molar-refractivity contribution >= 4 is 92.9 Å². The first kappa shape index (κ1) is 28.2. The van der Waals surface area contributed by atoms with Crippen molar-refractivity contribution in [2.45, 2.75) is 52.4 Å². The van der Waals surface area contributed by atoms with Gasteiger partial charge in [0.25, 0.3) is 0 Å². The molecule has 232 valence electrons. The first-order chi connectivity index (χ1) is 23.1. The monoisotopic (exact) mass is 636 g/mol. The summed E-state index contributed by atoms with van der Waals surface area (Å²) in [4.78, 5) is 0. The lowest BCUT2D eigenvalue weighted by Crippen LogP contribution is -2.53. The third-order valence-corrected chi connectivity index (χ3v) is 12.1. The number of benzene rings is 6. The van der Waals surface area contributed by atoms with E-state index in [1.54, 1.807) is 0 Å². The molecule has 0 bridgehead atoms. The minimum Gasteiger partial charge on any atom is -0.376 e. The first-order valence-corrected chi connectivity index (χ1v) is 18.0. The molecule has 0 saturated heterocycles. The minimum absolute atomic E-state index is 0.0186. The van der Waals surface area contributed by atoms with E-state index in [2.05, 4.69) is 166 Å². The van der Waals surface area contributed by atoms with E-state index >= 15 is 0 Å². The lowest BCUT2D eigenvalue weighted by atomic mass is 9.48. The molecule has 0 fully saturated rings. The van der Waals surface area contributed by atoms with Gasteiger partial charge in [0.05, 0.1) is 11.0 Å². The van der Waals surface area contributed by atoms with Gasteiger partial charge in [0.15, 0.2) is 0 Å². The van der Waals surface area contributed by atoms with Crippen LogP contribution in [0.15, 0.2) is 115 Å². The molecular formula is C44H37BN2S. The van der Waals surface area contributed by atoms with Crippen LogP contribution in [0, 0.1) is 0 Å². The van der Waals surface area contributed by atoms with Crippen LogP contribution in [0.3, 0.4) is 0 Å². The Labute approximate surface area is 285 Å². The SMILES string of the molecule is CC(C)(C)c1ccc2c3ccc(C(C)(C)C)cc3n(B3c4ccccc4-n4c5ccc6c7ccccc7sc6c5c5cccc3c54)c2c1. The molecule has 1 aliphatic rings. The van der Waals surface area contributed by atoms with Gasteiger partial charge in [0.2, 0.25) is 0 Å². The molecule has 4 heterocycles. The van der Waals surface area contributed by atoms with E-state index < -0.39 is 0 Å². The second kappa shape index (κ2) is 9.42. The fourth-order valence-corrected chi connectivity index (χ4v) is 9.71. The summed E-state index contributed by atoms with van der Waals surface area (Å²) in [6.07, 6.45) is 0. The second-order valence-corrected chi connectivity index (χ2v) is 16.9. The van der Waals surface area contributed by atoms with E-state index in [-0.39, 0.29) is 17.7 Å². The zero-order valence-corrected chi connectivity index (χ0v) is 29.2. The summed E-state index contributed by atoms with van der Waals surface area (Å²) in [6, 6.07) is 44.1. The molecule has 0 spiro atoms. The van der Waals surface area contributed by atoms with Crippen LogP contribution in [0.2, 0.25) is 0 Å². The van der Waals surface area contributed by atoms with Gasteiger partial charge in [-0.15, -0.1) is 11.3 Å². The molecule has 0 radical (unpaired) electrons. The lowest BCUT2D eigenvalue weighted by Gasteiger charge is -2.29. The summed E-state index contributed by atoms with van der Waals surface area (Å²) in [7, 11) is 0. The number of hydrogen-bond donors (Lipinski definition) is 0. The Bertz CT molecular complexity index is 2740. The van der Waals surface area contributed by atoms with Crippen LogP contribution in [0.1, 0.15) is 52.7 Å². The van der Waals surface area contributed by atoms with Gasteiger partial charge in [0, 0.05) is 58.4 Å². The summed E-state index contributed by atoms with van der Waals surface area (Å²) in [5.41, 5.74) is 12.0.